The summed E-state index contributed by atoms with van der Waals surface area (Å²) in [5.74, 6) is 0. The normalized spacial score (nSPS) is 14.7. The number of rotatable bonds is 0. The van der Waals surface area contributed by atoms with Gasteiger partial charge in [-0.2, -0.15) is 12.2 Å². The van der Waals surface area contributed by atoms with E-state index in [1.54, 1.807) is 0 Å². The fourth-order valence-electron chi connectivity index (χ4n) is 0.680. The van der Waals surface area contributed by atoms with Gasteiger partial charge in [-0.15, -0.1) is 12.8 Å². The Morgan fingerprint density at radius 2 is 1.25 bits per heavy atom. The van der Waals surface area contributed by atoms with Crippen molar-refractivity contribution in [3.8, 4) is 0 Å². The van der Waals surface area contributed by atoms with Crippen molar-refractivity contribution in [1.29, 1.82) is 0 Å². The maximum atomic E-state index is 2.99. The van der Waals surface area contributed by atoms with Crippen molar-refractivity contribution in [3.05, 3.63) is 56.0 Å². The van der Waals surface area contributed by atoms with Gasteiger partial charge in [-0.1, -0.05) is 0 Å². The fourth-order valence-corrected chi connectivity index (χ4v) is 0.680. The van der Waals surface area contributed by atoms with Gasteiger partial charge >= 0.3 is 0 Å². The summed E-state index contributed by atoms with van der Waals surface area (Å²) in [4.78, 5) is 0. The summed E-state index contributed by atoms with van der Waals surface area (Å²) >= 11 is 0. The summed E-state index contributed by atoms with van der Waals surface area (Å²) in [7, 11) is 0. The van der Waals surface area contributed by atoms with Crippen LogP contribution < -0.4 is 0 Å². The summed E-state index contributed by atoms with van der Waals surface area (Å²) in [5.41, 5.74) is 0. The molecule has 0 saturated heterocycles. The smallest absolute Gasteiger partial charge is 0 e. The van der Waals surface area contributed by atoms with Crippen molar-refractivity contribution < 1.29 is 25.8 Å². The first-order chi connectivity index (χ1) is 5.00. The third-order valence-corrected chi connectivity index (χ3v) is 1.17. The van der Waals surface area contributed by atoms with Crippen LogP contribution >= 0.6 is 0 Å². The van der Waals surface area contributed by atoms with Crippen LogP contribution in [-0.2, 0) is 25.8 Å². The Morgan fingerprint density at radius 3 is 1.33 bits per heavy atom. The van der Waals surface area contributed by atoms with Crippen LogP contribution in [0.5, 0.6) is 0 Å². The standard InChI is InChI=1S/2C5H5.CH3.Hf/c2*1-2-4-5-3-1;;/h2*1-3H,4H2;1H3;/q3*-1;. The molecule has 0 atom stereocenters. The minimum absolute atomic E-state index is 0. The monoisotopic (exact) mass is 325 g/mol. The molecule has 0 saturated carbocycles. The Morgan fingerprint density at radius 1 is 0.833 bits per heavy atom. The van der Waals surface area contributed by atoms with Gasteiger partial charge in [0.25, 0.3) is 0 Å². The van der Waals surface area contributed by atoms with Gasteiger partial charge in [-0.25, -0.2) is 24.3 Å². The first-order valence-corrected chi connectivity index (χ1v) is 3.43. The van der Waals surface area contributed by atoms with Crippen molar-refractivity contribution in [3.63, 3.8) is 0 Å². The molecular formula is C11H13Hf-3. The minimum Gasteiger partial charge on any atom is -0.358 e. The van der Waals surface area contributed by atoms with Gasteiger partial charge in [-0.05, 0) is 0 Å². The zero-order chi connectivity index (χ0) is 7.07. The molecule has 0 radical (unpaired) electrons. The summed E-state index contributed by atoms with van der Waals surface area (Å²) in [6.07, 6.45) is 20.0. The first kappa shape index (κ1) is 14.4. The van der Waals surface area contributed by atoms with Gasteiger partial charge < -0.3 is 7.43 Å². The van der Waals surface area contributed by atoms with E-state index in [9.17, 15) is 0 Å². The summed E-state index contributed by atoms with van der Waals surface area (Å²) < 4.78 is 0. The molecular weight excluding hydrogens is 311 g/mol. The molecule has 12 heavy (non-hydrogen) atoms. The Bertz CT molecular complexity index is 143. The van der Waals surface area contributed by atoms with Crippen LogP contribution in [0.15, 0.2) is 36.5 Å². The molecule has 0 bridgehead atoms. The molecule has 2 aliphatic rings. The van der Waals surface area contributed by atoms with Gasteiger partial charge in [0.05, 0.1) is 0 Å². The molecule has 1 heteroatoms. The average Bonchev–Trinajstić information content (AvgIpc) is 2.67. The largest absolute Gasteiger partial charge is 0.358 e. The molecule has 0 spiro atoms. The van der Waals surface area contributed by atoms with E-state index in [1.165, 1.54) is 0 Å². The van der Waals surface area contributed by atoms with Crippen molar-refractivity contribution in [2.24, 2.45) is 0 Å². The van der Waals surface area contributed by atoms with E-state index in [4.69, 9.17) is 0 Å². The number of hydrogen-bond donors (Lipinski definition) is 0. The zero-order valence-corrected chi connectivity index (χ0v) is 11.0. The van der Waals surface area contributed by atoms with Gasteiger partial charge in [0.1, 0.15) is 0 Å². The summed E-state index contributed by atoms with van der Waals surface area (Å²) in [5, 5.41) is 0. The third-order valence-electron chi connectivity index (χ3n) is 1.17. The molecule has 0 nitrogen and oxygen atoms in total. The molecule has 2 aliphatic carbocycles. The molecule has 0 unspecified atom stereocenters. The summed E-state index contributed by atoms with van der Waals surface area (Å²) in [6, 6.07) is 0. The predicted octanol–water partition coefficient (Wildman–Crippen LogP) is 3.06. The third kappa shape index (κ3) is 7.93. The fraction of sp³-hybridized carbons (Fsp3) is 0.182. The van der Waals surface area contributed by atoms with E-state index in [1.807, 2.05) is 24.3 Å². The van der Waals surface area contributed by atoms with Crippen molar-refractivity contribution in [1.82, 2.24) is 0 Å². The van der Waals surface area contributed by atoms with E-state index in [2.05, 4.69) is 24.3 Å². The number of allylic oxidation sites excluding steroid dienone is 8. The molecule has 0 aliphatic heterocycles. The quantitative estimate of drug-likeness (QED) is 0.475. The molecule has 0 fully saturated rings. The maximum absolute atomic E-state index is 2.99. The van der Waals surface area contributed by atoms with Crippen LogP contribution in [0.1, 0.15) is 12.8 Å². The Balaban J connectivity index is 0. The van der Waals surface area contributed by atoms with E-state index in [0.29, 0.717) is 0 Å². The topological polar surface area (TPSA) is 0 Å². The van der Waals surface area contributed by atoms with Crippen molar-refractivity contribution >= 4 is 0 Å². The second-order valence-electron chi connectivity index (χ2n) is 2.01. The first-order valence-electron chi connectivity index (χ1n) is 3.43. The van der Waals surface area contributed by atoms with Crippen LogP contribution in [0.25, 0.3) is 0 Å². The van der Waals surface area contributed by atoms with Crippen molar-refractivity contribution in [2.45, 2.75) is 12.8 Å². The second kappa shape index (κ2) is 10.8. The van der Waals surface area contributed by atoms with Crippen LogP contribution in [0.4, 0.5) is 0 Å². The van der Waals surface area contributed by atoms with Crippen LogP contribution in [0, 0.1) is 19.6 Å². The van der Waals surface area contributed by atoms with E-state index < -0.39 is 0 Å². The van der Waals surface area contributed by atoms with Gasteiger partial charge in [0, 0.05) is 25.8 Å². The molecule has 0 N–H and O–H groups in total. The van der Waals surface area contributed by atoms with Crippen LogP contribution in [0.2, 0.25) is 0 Å². The zero-order valence-electron chi connectivity index (χ0n) is 7.38. The average molecular weight is 324 g/mol. The molecule has 0 aromatic carbocycles. The Labute approximate surface area is 94.5 Å². The Kier molecular flexibility index (Phi) is 13.0. The van der Waals surface area contributed by atoms with E-state index in [0.717, 1.165) is 12.8 Å². The maximum Gasteiger partial charge on any atom is 0 e. The minimum atomic E-state index is 0. The number of hydrogen-bond acceptors (Lipinski definition) is 0. The SMILES string of the molecule is [C-]1=CC=CC1.[C-]1=CC=CC1.[CH3-].[Hf]. The van der Waals surface area contributed by atoms with Gasteiger partial charge in [0.2, 0.25) is 0 Å². The second-order valence-corrected chi connectivity index (χ2v) is 2.01. The molecule has 0 aromatic rings. The molecule has 2 rings (SSSR count). The molecule has 0 aromatic heterocycles. The van der Waals surface area contributed by atoms with Crippen LogP contribution in [-0.4, -0.2) is 0 Å². The Hall–Kier alpha value is -0.170. The van der Waals surface area contributed by atoms with E-state index >= 15 is 0 Å². The van der Waals surface area contributed by atoms with Crippen molar-refractivity contribution in [2.75, 3.05) is 0 Å². The molecule has 64 valence electrons. The molecule has 0 amide bonds. The summed E-state index contributed by atoms with van der Waals surface area (Å²) in [6.45, 7) is 0. The van der Waals surface area contributed by atoms with Gasteiger partial charge in [0.15, 0.2) is 0 Å². The molecule has 0 heterocycles. The predicted molar refractivity (Wildman–Crippen MR) is 49.6 cm³/mol. The van der Waals surface area contributed by atoms with Crippen LogP contribution in [0.3, 0.4) is 0 Å². The van der Waals surface area contributed by atoms with E-state index in [-0.39, 0.29) is 33.3 Å². The van der Waals surface area contributed by atoms with Gasteiger partial charge in [-0.3, -0.25) is 12.2 Å².